The fourth-order valence-electron chi connectivity index (χ4n) is 2.92. The molecule has 1 fully saturated rings. The van der Waals surface area contributed by atoms with Gasteiger partial charge in [0.1, 0.15) is 13.2 Å². The Morgan fingerprint density at radius 1 is 1.21 bits per heavy atom. The summed E-state index contributed by atoms with van der Waals surface area (Å²) < 4.78 is 18.2. The number of ether oxygens (including phenoxy) is 3. The van der Waals surface area contributed by atoms with Gasteiger partial charge in [0.05, 0.1) is 22.6 Å². The molecule has 0 atom stereocenters. The zero-order valence-corrected chi connectivity index (χ0v) is 22.7. The van der Waals surface area contributed by atoms with Crippen LogP contribution in [0.15, 0.2) is 45.8 Å². The Labute approximate surface area is 218 Å². The Morgan fingerprint density at radius 2 is 1.91 bits per heavy atom. The number of thioether (sulfide) groups is 1. The maximum absolute atomic E-state index is 12.7. The fourth-order valence-corrected chi connectivity index (χ4v) is 4.69. The minimum absolute atomic E-state index is 0.207. The minimum atomic E-state index is -0.632. The summed E-state index contributed by atoms with van der Waals surface area (Å²) in [5.74, 6) is -0.175. The molecular formula is C23H21BrINO6S. The summed E-state index contributed by atoms with van der Waals surface area (Å²) in [6.07, 6.45) is 1.25. The van der Waals surface area contributed by atoms with Crippen LogP contribution < -0.4 is 9.47 Å². The minimum Gasteiger partial charge on any atom is -0.493 e. The number of methoxy groups -OCH3 is 1. The summed E-state index contributed by atoms with van der Waals surface area (Å²) in [7, 11) is 1.53. The van der Waals surface area contributed by atoms with Crippen LogP contribution >= 0.6 is 50.3 Å². The van der Waals surface area contributed by atoms with Crippen molar-refractivity contribution in [3.05, 3.63) is 60.5 Å². The van der Waals surface area contributed by atoms with Crippen LogP contribution in [0.1, 0.15) is 25.0 Å². The third-order valence-electron chi connectivity index (χ3n) is 4.37. The first kappa shape index (κ1) is 25.6. The van der Waals surface area contributed by atoms with E-state index in [1.54, 1.807) is 32.1 Å². The molecule has 0 unspecified atom stereocenters. The summed E-state index contributed by atoms with van der Waals surface area (Å²) in [5.41, 5.74) is 1.65. The smallest absolute Gasteiger partial charge is 0.326 e. The van der Waals surface area contributed by atoms with Gasteiger partial charge < -0.3 is 14.2 Å². The van der Waals surface area contributed by atoms with Crippen LogP contribution in [-0.4, -0.2) is 41.8 Å². The van der Waals surface area contributed by atoms with Crippen molar-refractivity contribution < 1.29 is 28.6 Å². The van der Waals surface area contributed by atoms with Gasteiger partial charge in [-0.05, 0) is 106 Å². The third kappa shape index (κ3) is 6.73. The van der Waals surface area contributed by atoms with Gasteiger partial charge in [-0.1, -0.05) is 12.1 Å². The topological polar surface area (TPSA) is 82.1 Å². The molecule has 10 heteroatoms. The monoisotopic (exact) mass is 645 g/mol. The molecule has 2 aromatic carbocycles. The van der Waals surface area contributed by atoms with Gasteiger partial charge in [-0.2, -0.15) is 0 Å². The van der Waals surface area contributed by atoms with Crippen LogP contribution in [0.5, 0.6) is 11.5 Å². The van der Waals surface area contributed by atoms with Gasteiger partial charge in [0, 0.05) is 3.57 Å². The van der Waals surface area contributed by atoms with Crippen LogP contribution in [0.2, 0.25) is 0 Å². The predicted molar refractivity (Wildman–Crippen MR) is 138 cm³/mol. The van der Waals surface area contributed by atoms with Gasteiger partial charge >= 0.3 is 5.97 Å². The molecule has 1 aliphatic rings. The molecule has 0 bridgehead atoms. The first-order valence-electron chi connectivity index (χ1n) is 9.87. The van der Waals surface area contributed by atoms with E-state index in [1.165, 1.54) is 7.11 Å². The molecule has 0 aromatic heterocycles. The molecule has 3 rings (SSSR count). The van der Waals surface area contributed by atoms with E-state index in [0.29, 0.717) is 28.1 Å². The van der Waals surface area contributed by atoms with Crippen LogP contribution in [0.4, 0.5) is 4.79 Å². The zero-order valence-electron chi connectivity index (χ0n) is 18.1. The molecule has 7 nitrogen and oxygen atoms in total. The van der Waals surface area contributed by atoms with E-state index in [1.807, 2.05) is 24.3 Å². The molecule has 174 valence electrons. The number of amides is 2. The highest BCUT2D eigenvalue weighted by atomic mass is 127. The lowest BCUT2D eigenvalue weighted by Crippen LogP contribution is -2.35. The molecule has 1 saturated heterocycles. The summed E-state index contributed by atoms with van der Waals surface area (Å²) in [6.45, 7) is 3.34. The molecule has 1 aliphatic heterocycles. The second kappa shape index (κ2) is 11.4. The van der Waals surface area contributed by atoms with Crippen LogP contribution in [-0.2, 0) is 20.9 Å². The average Bonchev–Trinajstić information content (AvgIpc) is 3.00. The largest absolute Gasteiger partial charge is 0.493 e. The van der Waals surface area contributed by atoms with E-state index < -0.39 is 23.7 Å². The highest BCUT2D eigenvalue weighted by Crippen LogP contribution is 2.39. The second-order valence-corrected chi connectivity index (χ2v) is 10.3. The Kier molecular flexibility index (Phi) is 8.82. The van der Waals surface area contributed by atoms with E-state index in [9.17, 15) is 14.4 Å². The molecule has 0 aliphatic carbocycles. The van der Waals surface area contributed by atoms with Crippen molar-refractivity contribution in [1.82, 2.24) is 4.90 Å². The van der Waals surface area contributed by atoms with Gasteiger partial charge in [-0.25, -0.2) is 0 Å². The number of hydrogen-bond donors (Lipinski definition) is 0. The van der Waals surface area contributed by atoms with Gasteiger partial charge in [-0.15, -0.1) is 0 Å². The van der Waals surface area contributed by atoms with E-state index in [0.717, 1.165) is 25.8 Å². The number of halogens is 2. The van der Waals surface area contributed by atoms with Crippen molar-refractivity contribution >= 4 is 73.5 Å². The number of carbonyl (C=O) groups excluding carboxylic acids is 3. The molecule has 0 N–H and O–H groups in total. The summed E-state index contributed by atoms with van der Waals surface area (Å²) in [5, 5.41) is -0.518. The van der Waals surface area contributed by atoms with Gasteiger partial charge in [0.2, 0.25) is 0 Å². The number of nitrogens with zero attached hydrogens (tertiary/aromatic N) is 1. The Morgan fingerprint density at radius 3 is 2.55 bits per heavy atom. The Hall–Kier alpha value is -2.05. The molecular weight excluding hydrogens is 625 g/mol. The van der Waals surface area contributed by atoms with Crippen molar-refractivity contribution in [3.63, 3.8) is 0 Å². The molecule has 1 heterocycles. The lowest BCUT2D eigenvalue weighted by molar-refractivity contribution is -0.149. The molecule has 0 saturated carbocycles. The van der Waals surface area contributed by atoms with Gasteiger partial charge in [0.25, 0.3) is 11.1 Å². The zero-order chi connectivity index (χ0) is 24.1. The number of benzene rings is 2. The van der Waals surface area contributed by atoms with E-state index in [-0.39, 0.29) is 11.0 Å². The van der Waals surface area contributed by atoms with Crippen LogP contribution in [0.25, 0.3) is 6.08 Å². The highest BCUT2D eigenvalue weighted by Gasteiger charge is 2.36. The number of esters is 1. The first-order valence-corrected chi connectivity index (χ1v) is 12.6. The van der Waals surface area contributed by atoms with Crippen molar-refractivity contribution in [2.75, 3.05) is 13.7 Å². The summed E-state index contributed by atoms with van der Waals surface area (Å²) in [4.78, 5) is 37.9. The normalized spacial score (nSPS) is 14.8. The van der Waals surface area contributed by atoms with Crippen LogP contribution in [0.3, 0.4) is 0 Å². The predicted octanol–water partition coefficient (Wildman–Crippen LogP) is 5.63. The highest BCUT2D eigenvalue weighted by molar-refractivity contribution is 14.1. The van der Waals surface area contributed by atoms with Crippen molar-refractivity contribution in [1.29, 1.82) is 0 Å². The number of hydrogen-bond acceptors (Lipinski definition) is 7. The molecule has 0 spiro atoms. The lowest BCUT2D eigenvalue weighted by Gasteiger charge is -2.14. The van der Waals surface area contributed by atoms with Crippen molar-refractivity contribution in [2.45, 2.75) is 26.6 Å². The third-order valence-corrected chi connectivity index (χ3v) is 6.59. The number of carbonyl (C=O) groups is 3. The average molecular weight is 646 g/mol. The standard InChI is InChI=1S/C23H21BrINO6S/c1-13(2)32-20(27)11-26-22(28)19(33-23(26)29)10-15-8-17(24)21(18(9-15)30-3)31-12-14-4-6-16(25)7-5-14/h4-10,13H,11-12H2,1-3H3/b19-10+. The maximum Gasteiger partial charge on any atom is 0.326 e. The van der Waals surface area contributed by atoms with Gasteiger partial charge in [0.15, 0.2) is 11.5 Å². The molecule has 0 radical (unpaired) electrons. The first-order chi connectivity index (χ1) is 15.7. The van der Waals surface area contributed by atoms with Gasteiger partial charge in [-0.3, -0.25) is 19.3 Å². The molecule has 2 amide bonds. The fraction of sp³-hybridized carbons (Fsp3) is 0.261. The Bertz CT molecular complexity index is 1100. The number of imide groups is 1. The summed E-state index contributed by atoms with van der Waals surface area (Å²) >= 11 is 6.52. The SMILES string of the molecule is COc1cc(/C=C2/SC(=O)N(CC(=O)OC(C)C)C2=O)cc(Br)c1OCc1ccc(I)cc1. The second-order valence-electron chi connectivity index (χ2n) is 7.26. The molecule has 2 aromatic rings. The Balaban J connectivity index is 1.77. The maximum atomic E-state index is 12.7. The molecule has 33 heavy (non-hydrogen) atoms. The van der Waals surface area contributed by atoms with E-state index in [4.69, 9.17) is 14.2 Å². The van der Waals surface area contributed by atoms with Crippen molar-refractivity contribution in [3.8, 4) is 11.5 Å². The van der Waals surface area contributed by atoms with Crippen molar-refractivity contribution in [2.24, 2.45) is 0 Å². The quantitative estimate of drug-likeness (QED) is 0.209. The van der Waals surface area contributed by atoms with E-state index >= 15 is 0 Å². The summed E-state index contributed by atoms with van der Waals surface area (Å²) in [6, 6.07) is 11.5. The van der Waals surface area contributed by atoms with E-state index in [2.05, 4.69) is 38.5 Å². The van der Waals surface area contributed by atoms with Crippen LogP contribution in [0, 0.1) is 3.57 Å². The number of rotatable bonds is 8. The lowest BCUT2D eigenvalue weighted by atomic mass is 10.1.